The molecule has 0 aliphatic carbocycles. The number of carboxylic acid groups (broad SMARTS) is 1. The summed E-state index contributed by atoms with van der Waals surface area (Å²) < 4.78 is 0. The van der Waals surface area contributed by atoms with Crippen LogP contribution in [0.2, 0.25) is 0 Å². The minimum Gasteiger partial charge on any atom is -0.508 e. The Labute approximate surface area is 364 Å². The van der Waals surface area contributed by atoms with Crippen molar-refractivity contribution in [2.75, 3.05) is 30.6 Å². The van der Waals surface area contributed by atoms with Crippen LogP contribution in [0.5, 0.6) is 5.75 Å². The number of benzene rings is 2. The number of nitrogens with one attached hydrogen (secondary N) is 6. The van der Waals surface area contributed by atoms with Crippen LogP contribution >= 0.6 is 23.5 Å². The summed E-state index contributed by atoms with van der Waals surface area (Å²) in [6.07, 6.45) is 6.18. The fraction of sp³-hybridized carbons (Fsp3) is 0.488. The van der Waals surface area contributed by atoms with Gasteiger partial charge in [0.15, 0.2) is 5.96 Å². The number of carbonyl (C=O) groups is 6. The number of aliphatic carboxylic acids is 1. The van der Waals surface area contributed by atoms with Crippen LogP contribution in [0, 0.1) is 5.92 Å². The fourth-order valence-corrected chi connectivity index (χ4v) is 7.29. The van der Waals surface area contributed by atoms with Gasteiger partial charge in [0, 0.05) is 30.1 Å². The van der Waals surface area contributed by atoms with Crippen molar-refractivity contribution in [3.8, 4) is 5.75 Å². The van der Waals surface area contributed by atoms with Crippen LogP contribution in [0.4, 0.5) is 0 Å². The molecule has 3 aromatic rings. The number of phenols is 1. The number of H-pyrrole nitrogens is 1. The van der Waals surface area contributed by atoms with Crippen molar-refractivity contribution < 1.29 is 39.0 Å². The van der Waals surface area contributed by atoms with Crippen molar-refractivity contribution in [3.05, 3.63) is 65.9 Å². The first-order valence-corrected chi connectivity index (χ1v) is 22.7. The summed E-state index contributed by atoms with van der Waals surface area (Å²) in [6, 6.07) is 6.59. The van der Waals surface area contributed by atoms with Gasteiger partial charge < -0.3 is 59.0 Å². The predicted molar refractivity (Wildman–Crippen MR) is 240 cm³/mol. The SMILES string of the molecule is CSCC[C@H](NC(=O)[C@@H](NC(=O)[C@H](CCSC)NC(=O)[C@H](Cc1ccc(O)cc1)NC(=O)[C@H](CCCN=C(N)N)NC(=O)[C@@H](N)Cc1c[nH]c2ccccc12)C(C)C)C(=O)O. The Morgan fingerprint density at radius 2 is 1.28 bits per heavy atom. The van der Waals surface area contributed by atoms with Gasteiger partial charge in [0.05, 0.1) is 6.04 Å². The van der Waals surface area contributed by atoms with Gasteiger partial charge in [0.25, 0.3) is 0 Å². The maximum absolute atomic E-state index is 14.2. The second-order valence-electron chi connectivity index (χ2n) is 14.9. The summed E-state index contributed by atoms with van der Waals surface area (Å²) in [6.45, 7) is 3.54. The minimum atomic E-state index is -1.30. The van der Waals surface area contributed by atoms with Gasteiger partial charge in [-0.1, -0.05) is 44.2 Å². The Hall–Kier alpha value is -5.47. The van der Waals surface area contributed by atoms with Crippen molar-refractivity contribution in [2.45, 2.75) is 88.6 Å². The van der Waals surface area contributed by atoms with Gasteiger partial charge in [-0.3, -0.25) is 29.0 Å². The predicted octanol–water partition coefficient (Wildman–Crippen LogP) is 0.710. The molecule has 18 nitrogen and oxygen atoms in total. The summed E-state index contributed by atoms with van der Waals surface area (Å²) in [7, 11) is 0. The molecule has 6 atom stereocenters. The van der Waals surface area contributed by atoms with Crippen LogP contribution in [0.3, 0.4) is 0 Å². The number of aliphatic imine (C=N–C) groups is 1. The van der Waals surface area contributed by atoms with E-state index in [1.54, 1.807) is 32.2 Å². The lowest BCUT2D eigenvalue weighted by atomic mass is 10.0. The molecule has 3 rings (SSSR count). The number of para-hydroxylation sites is 1. The van der Waals surface area contributed by atoms with Gasteiger partial charge >= 0.3 is 5.97 Å². The highest BCUT2D eigenvalue weighted by atomic mass is 32.2. The van der Waals surface area contributed by atoms with E-state index in [-0.39, 0.29) is 56.8 Å². The number of amides is 5. The highest BCUT2D eigenvalue weighted by molar-refractivity contribution is 7.98. The molecule has 14 N–H and O–H groups in total. The molecular weight excluding hydrogens is 825 g/mol. The molecule has 20 heteroatoms. The van der Waals surface area contributed by atoms with Crippen LogP contribution in [-0.2, 0) is 41.6 Å². The summed E-state index contributed by atoms with van der Waals surface area (Å²) >= 11 is 2.86. The van der Waals surface area contributed by atoms with E-state index in [4.69, 9.17) is 17.2 Å². The molecule has 1 aromatic heterocycles. The number of nitrogens with zero attached hydrogens (tertiary/aromatic N) is 1. The summed E-state index contributed by atoms with van der Waals surface area (Å²) in [4.78, 5) is 88.1. The number of guanidine groups is 1. The molecule has 0 saturated heterocycles. The van der Waals surface area contributed by atoms with Gasteiger partial charge in [0.2, 0.25) is 29.5 Å². The zero-order valence-electron chi connectivity index (χ0n) is 34.9. The molecule has 61 heavy (non-hydrogen) atoms. The molecule has 2 aromatic carbocycles. The maximum atomic E-state index is 14.2. The molecular formula is C41H60N10O8S2. The fourth-order valence-electron chi connectivity index (χ4n) is 6.35. The summed E-state index contributed by atoms with van der Waals surface area (Å²) in [5.74, 6) is -4.32. The smallest absolute Gasteiger partial charge is 0.326 e. The lowest BCUT2D eigenvalue weighted by molar-refractivity contribution is -0.142. The highest BCUT2D eigenvalue weighted by Crippen LogP contribution is 2.19. The number of phenolic OH excluding ortho intramolecular Hbond substituents is 1. The second-order valence-corrected chi connectivity index (χ2v) is 16.8. The van der Waals surface area contributed by atoms with Crippen molar-refractivity contribution >= 4 is 75.9 Å². The van der Waals surface area contributed by atoms with E-state index in [9.17, 15) is 39.0 Å². The first-order chi connectivity index (χ1) is 29.0. The number of carbonyl (C=O) groups excluding carboxylic acids is 5. The summed E-state index contributed by atoms with van der Waals surface area (Å²) in [5, 5.41) is 34.0. The van der Waals surface area contributed by atoms with E-state index in [0.29, 0.717) is 17.1 Å². The molecule has 334 valence electrons. The normalized spacial score (nSPS) is 14.1. The van der Waals surface area contributed by atoms with Gasteiger partial charge in [-0.15, -0.1) is 0 Å². The van der Waals surface area contributed by atoms with Crippen LogP contribution in [0.1, 0.15) is 50.7 Å². The van der Waals surface area contributed by atoms with Crippen molar-refractivity contribution in [2.24, 2.45) is 28.1 Å². The lowest BCUT2D eigenvalue weighted by Gasteiger charge is -2.28. The minimum absolute atomic E-state index is 0.0159. The average molecular weight is 885 g/mol. The molecule has 0 saturated carbocycles. The Morgan fingerprint density at radius 3 is 1.90 bits per heavy atom. The monoisotopic (exact) mass is 884 g/mol. The zero-order chi connectivity index (χ0) is 45.1. The molecule has 0 radical (unpaired) electrons. The molecule has 0 aliphatic heterocycles. The number of rotatable bonds is 26. The lowest BCUT2D eigenvalue weighted by Crippen LogP contribution is -2.60. The molecule has 0 aliphatic rings. The molecule has 0 unspecified atom stereocenters. The Balaban J connectivity index is 1.87. The van der Waals surface area contributed by atoms with E-state index >= 15 is 0 Å². The number of aromatic amines is 1. The topological polar surface area (TPSA) is 309 Å². The van der Waals surface area contributed by atoms with Gasteiger partial charge in [-0.05, 0) is 91.4 Å². The second kappa shape index (κ2) is 25.3. The average Bonchev–Trinajstić information content (AvgIpc) is 3.63. The number of carboxylic acids is 1. The largest absolute Gasteiger partial charge is 0.508 e. The Bertz CT molecular complexity index is 1960. The number of fused-ring (bicyclic) bond motifs is 1. The number of hydrogen-bond donors (Lipinski definition) is 11. The Morgan fingerprint density at radius 1 is 0.721 bits per heavy atom. The van der Waals surface area contributed by atoms with Crippen molar-refractivity contribution in [1.29, 1.82) is 0 Å². The molecule has 0 bridgehead atoms. The number of thioether (sulfide) groups is 2. The van der Waals surface area contributed by atoms with Crippen LogP contribution in [0.25, 0.3) is 10.9 Å². The van der Waals surface area contributed by atoms with Crippen molar-refractivity contribution in [1.82, 2.24) is 31.6 Å². The number of aromatic hydroxyl groups is 1. The quantitative estimate of drug-likeness (QED) is 0.0301. The standard InChI is InChI=1S/C41H60N10O8S2/c1-23(2)34(39(57)49-32(40(58)59)16-19-61-4)51-37(55)31(15-18-60-3)48-38(56)33(20-24-11-13-26(52)14-12-24)50-36(54)30(10-7-17-45-41(43)44)47-35(53)28(42)21-25-22-46-29-9-6-5-8-27(25)29/h5-6,8-9,11-14,22-23,28,30-34,46,52H,7,10,15-21,42H2,1-4H3,(H,47,53)(H,48,56)(H,49,57)(H,50,54)(H,51,55)(H,58,59)(H4,43,44,45)/t28-,30-,31-,32-,33-,34-/m0/s1. The van der Waals surface area contributed by atoms with Crippen molar-refractivity contribution in [3.63, 3.8) is 0 Å². The van der Waals surface area contributed by atoms with Gasteiger partial charge in [-0.2, -0.15) is 23.5 Å². The zero-order valence-corrected chi connectivity index (χ0v) is 36.6. The molecule has 0 fully saturated rings. The first-order valence-electron chi connectivity index (χ1n) is 19.9. The van der Waals surface area contributed by atoms with Crippen LogP contribution < -0.4 is 43.8 Å². The number of aromatic nitrogens is 1. The Kier molecular flexibility index (Phi) is 20.7. The van der Waals surface area contributed by atoms with E-state index < -0.39 is 77.7 Å². The summed E-state index contributed by atoms with van der Waals surface area (Å²) in [5.41, 5.74) is 19.6. The first kappa shape index (κ1) is 49.9. The molecule has 1 heterocycles. The van der Waals surface area contributed by atoms with Crippen LogP contribution in [0.15, 0.2) is 59.7 Å². The number of nitrogens with two attached hydrogens (primary N) is 3. The van der Waals surface area contributed by atoms with Crippen LogP contribution in [-0.4, -0.2) is 123 Å². The van der Waals surface area contributed by atoms with E-state index in [2.05, 4.69) is 36.6 Å². The van der Waals surface area contributed by atoms with E-state index in [1.807, 2.05) is 36.8 Å². The molecule has 5 amide bonds. The van der Waals surface area contributed by atoms with Gasteiger partial charge in [-0.25, -0.2) is 4.79 Å². The third-order valence-electron chi connectivity index (χ3n) is 9.75. The van der Waals surface area contributed by atoms with E-state index in [0.717, 1.165) is 16.5 Å². The highest BCUT2D eigenvalue weighted by Gasteiger charge is 2.34. The third-order valence-corrected chi connectivity index (χ3v) is 11.0. The number of hydrogen-bond acceptors (Lipinski definition) is 11. The molecule has 0 spiro atoms. The van der Waals surface area contributed by atoms with Gasteiger partial charge in [0.1, 0.15) is 36.0 Å². The third kappa shape index (κ3) is 16.5. The van der Waals surface area contributed by atoms with E-state index in [1.165, 1.54) is 35.7 Å². The maximum Gasteiger partial charge on any atom is 0.326 e.